The molecule has 88 valence electrons. The highest BCUT2D eigenvalue weighted by Crippen LogP contribution is 2.14. The molecule has 1 atom stereocenters. The Balaban J connectivity index is 2.62. The first-order chi connectivity index (χ1) is 7.54. The number of aliphatic carboxylic acids is 1. The molecule has 0 aliphatic carbocycles. The van der Waals surface area contributed by atoms with Crippen LogP contribution < -0.4 is 5.32 Å². The summed E-state index contributed by atoms with van der Waals surface area (Å²) < 4.78 is 0. The van der Waals surface area contributed by atoms with Gasteiger partial charge in [-0.1, -0.05) is 6.92 Å². The first-order valence-corrected chi connectivity index (χ1v) is 5.84. The summed E-state index contributed by atoms with van der Waals surface area (Å²) in [6.45, 7) is 3.46. The van der Waals surface area contributed by atoms with Crippen LogP contribution in [0.4, 0.5) is 0 Å². The number of hydrogen-bond donors (Lipinski definition) is 2. The van der Waals surface area contributed by atoms with Crippen LogP contribution in [0.2, 0.25) is 0 Å². The van der Waals surface area contributed by atoms with Gasteiger partial charge in [-0.05, 0) is 19.8 Å². The van der Waals surface area contributed by atoms with Crippen LogP contribution in [-0.2, 0) is 11.2 Å². The zero-order chi connectivity index (χ0) is 12.1. The van der Waals surface area contributed by atoms with Crippen LogP contribution in [0.3, 0.4) is 0 Å². The Morgan fingerprint density at radius 1 is 1.62 bits per heavy atom. The van der Waals surface area contributed by atoms with Crippen LogP contribution in [0.25, 0.3) is 0 Å². The van der Waals surface area contributed by atoms with Crippen molar-refractivity contribution >= 4 is 23.2 Å². The molecule has 0 spiro atoms. The molecular formula is C10H14N2O3S. The summed E-state index contributed by atoms with van der Waals surface area (Å²) in [6.07, 6.45) is 3.30. The maximum Gasteiger partial charge on any atom is 0.325 e. The lowest BCUT2D eigenvalue weighted by molar-refractivity contribution is -0.138. The predicted octanol–water partition coefficient (Wildman–Crippen LogP) is 1.30. The smallest absolute Gasteiger partial charge is 0.325 e. The van der Waals surface area contributed by atoms with Crippen molar-refractivity contribution in [1.82, 2.24) is 10.3 Å². The third-order valence-electron chi connectivity index (χ3n) is 1.96. The van der Waals surface area contributed by atoms with Gasteiger partial charge in [-0.3, -0.25) is 9.59 Å². The molecule has 0 saturated heterocycles. The van der Waals surface area contributed by atoms with Crippen molar-refractivity contribution in [1.29, 1.82) is 0 Å². The minimum absolute atomic E-state index is 0.380. The summed E-state index contributed by atoms with van der Waals surface area (Å²) in [7, 11) is 0. The molecule has 16 heavy (non-hydrogen) atoms. The lowest BCUT2D eigenvalue weighted by atomic mass is 10.3. The second-order valence-electron chi connectivity index (χ2n) is 3.40. The molecule has 0 aliphatic rings. The summed E-state index contributed by atoms with van der Waals surface area (Å²) in [5, 5.41) is 11.9. The standard InChI is InChI=1S/C10H14N2O3S/c1-3-4-8-11-5-7(16-8)9(13)12-6(2)10(14)15/h5-6H,3-4H2,1-2H3,(H,12,13)(H,14,15)/t6-/m1/s1. The molecule has 1 amide bonds. The van der Waals surface area contributed by atoms with E-state index >= 15 is 0 Å². The van der Waals surface area contributed by atoms with E-state index in [0.29, 0.717) is 4.88 Å². The van der Waals surface area contributed by atoms with E-state index < -0.39 is 12.0 Å². The van der Waals surface area contributed by atoms with Gasteiger partial charge < -0.3 is 10.4 Å². The number of carboxylic acids is 1. The van der Waals surface area contributed by atoms with Crippen molar-refractivity contribution in [3.8, 4) is 0 Å². The van der Waals surface area contributed by atoms with E-state index in [0.717, 1.165) is 17.8 Å². The first-order valence-electron chi connectivity index (χ1n) is 5.03. The van der Waals surface area contributed by atoms with Crippen molar-refractivity contribution in [3.05, 3.63) is 16.1 Å². The zero-order valence-electron chi connectivity index (χ0n) is 9.19. The first kappa shape index (κ1) is 12.6. The highest BCUT2D eigenvalue weighted by Gasteiger charge is 2.16. The number of carbonyl (C=O) groups excluding carboxylic acids is 1. The lowest BCUT2D eigenvalue weighted by Gasteiger charge is -2.06. The maximum atomic E-state index is 11.6. The van der Waals surface area contributed by atoms with Crippen molar-refractivity contribution in [3.63, 3.8) is 0 Å². The van der Waals surface area contributed by atoms with Gasteiger partial charge in [-0.25, -0.2) is 4.98 Å². The van der Waals surface area contributed by atoms with Gasteiger partial charge in [-0.15, -0.1) is 11.3 Å². The number of rotatable bonds is 5. The molecule has 6 heteroatoms. The second-order valence-corrected chi connectivity index (χ2v) is 4.52. The Kier molecular flexibility index (Phi) is 4.42. The van der Waals surface area contributed by atoms with Gasteiger partial charge in [0, 0.05) is 0 Å². The van der Waals surface area contributed by atoms with Gasteiger partial charge in [0.1, 0.15) is 10.9 Å². The Hall–Kier alpha value is -1.43. The molecule has 0 unspecified atom stereocenters. The van der Waals surface area contributed by atoms with E-state index in [1.165, 1.54) is 24.5 Å². The van der Waals surface area contributed by atoms with Crippen LogP contribution in [0.5, 0.6) is 0 Å². The average molecular weight is 242 g/mol. The largest absolute Gasteiger partial charge is 0.480 e. The molecule has 1 aromatic heterocycles. The maximum absolute atomic E-state index is 11.6. The summed E-state index contributed by atoms with van der Waals surface area (Å²) in [5.41, 5.74) is 0. The summed E-state index contributed by atoms with van der Waals surface area (Å²) >= 11 is 1.30. The van der Waals surface area contributed by atoms with Gasteiger partial charge in [0.05, 0.1) is 11.2 Å². The number of aromatic nitrogens is 1. The molecule has 0 saturated carbocycles. The number of nitrogens with zero attached hydrogens (tertiary/aromatic N) is 1. The van der Waals surface area contributed by atoms with Gasteiger partial charge in [-0.2, -0.15) is 0 Å². The zero-order valence-corrected chi connectivity index (χ0v) is 10.0. The quantitative estimate of drug-likeness (QED) is 0.815. The second kappa shape index (κ2) is 5.60. The predicted molar refractivity (Wildman–Crippen MR) is 60.7 cm³/mol. The van der Waals surface area contributed by atoms with Crippen LogP contribution >= 0.6 is 11.3 Å². The lowest BCUT2D eigenvalue weighted by Crippen LogP contribution is -2.37. The third-order valence-corrected chi connectivity index (χ3v) is 3.02. The van der Waals surface area contributed by atoms with Crippen molar-refractivity contribution < 1.29 is 14.7 Å². The van der Waals surface area contributed by atoms with E-state index in [1.54, 1.807) is 0 Å². The molecule has 0 aromatic carbocycles. The van der Waals surface area contributed by atoms with Crippen molar-refractivity contribution in [2.45, 2.75) is 32.7 Å². The molecule has 2 N–H and O–H groups in total. The van der Waals surface area contributed by atoms with E-state index in [2.05, 4.69) is 10.3 Å². The van der Waals surface area contributed by atoms with E-state index in [-0.39, 0.29) is 5.91 Å². The molecular weight excluding hydrogens is 228 g/mol. The van der Waals surface area contributed by atoms with Crippen LogP contribution in [0.15, 0.2) is 6.20 Å². The Labute approximate surface area is 97.5 Å². The number of nitrogens with one attached hydrogen (secondary N) is 1. The number of amides is 1. The molecule has 1 heterocycles. The van der Waals surface area contributed by atoms with Crippen LogP contribution in [0.1, 0.15) is 34.9 Å². The minimum atomic E-state index is -1.05. The van der Waals surface area contributed by atoms with E-state index in [9.17, 15) is 9.59 Å². The van der Waals surface area contributed by atoms with Crippen molar-refractivity contribution in [2.75, 3.05) is 0 Å². The topological polar surface area (TPSA) is 79.3 Å². The number of hydrogen-bond acceptors (Lipinski definition) is 4. The van der Waals surface area contributed by atoms with Crippen LogP contribution in [-0.4, -0.2) is 28.0 Å². The summed E-state index contributed by atoms with van der Waals surface area (Å²) in [4.78, 5) is 26.7. The monoisotopic (exact) mass is 242 g/mol. The number of carbonyl (C=O) groups is 2. The van der Waals surface area contributed by atoms with Crippen molar-refractivity contribution in [2.24, 2.45) is 0 Å². The van der Waals surface area contributed by atoms with E-state index in [4.69, 9.17) is 5.11 Å². The van der Waals surface area contributed by atoms with Gasteiger partial charge in [0.15, 0.2) is 0 Å². The average Bonchev–Trinajstić information content (AvgIpc) is 2.66. The molecule has 0 bridgehead atoms. The molecule has 0 fully saturated rings. The molecule has 1 aromatic rings. The summed E-state index contributed by atoms with van der Waals surface area (Å²) in [5.74, 6) is -1.43. The molecule has 0 aliphatic heterocycles. The minimum Gasteiger partial charge on any atom is -0.480 e. The van der Waals surface area contributed by atoms with Gasteiger partial charge >= 0.3 is 5.97 Å². The fourth-order valence-electron chi connectivity index (χ4n) is 1.07. The molecule has 5 nitrogen and oxygen atoms in total. The molecule has 0 radical (unpaired) electrons. The van der Waals surface area contributed by atoms with E-state index in [1.807, 2.05) is 6.92 Å². The molecule has 1 rings (SSSR count). The normalized spacial score (nSPS) is 12.1. The van der Waals surface area contributed by atoms with Crippen LogP contribution in [0, 0.1) is 0 Å². The summed E-state index contributed by atoms with van der Waals surface area (Å²) in [6, 6.07) is -0.885. The van der Waals surface area contributed by atoms with Gasteiger partial charge in [0.2, 0.25) is 0 Å². The number of thiazole rings is 1. The third kappa shape index (κ3) is 3.30. The Morgan fingerprint density at radius 2 is 2.31 bits per heavy atom. The number of aryl methyl sites for hydroxylation is 1. The Morgan fingerprint density at radius 3 is 2.88 bits per heavy atom. The fourth-order valence-corrected chi connectivity index (χ4v) is 2.00. The SMILES string of the molecule is CCCc1ncc(C(=O)N[C@H](C)C(=O)O)s1. The highest BCUT2D eigenvalue weighted by molar-refractivity contribution is 7.13. The Bertz CT molecular complexity index is 389. The highest BCUT2D eigenvalue weighted by atomic mass is 32.1. The number of carboxylic acid groups (broad SMARTS) is 1. The fraction of sp³-hybridized carbons (Fsp3) is 0.500. The van der Waals surface area contributed by atoms with Gasteiger partial charge in [0.25, 0.3) is 5.91 Å².